The van der Waals surface area contributed by atoms with E-state index in [4.69, 9.17) is 20.6 Å². The third-order valence-corrected chi connectivity index (χ3v) is 4.65. The van der Waals surface area contributed by atoms with Crippen LogP contribution >= 0.6 is 12.4 Å². The highest BCUT2D eigenvalue weighted by atomic mass is 35.5. The van der Waals surface area contributed by atoms with Gasteiger partial charge in [0.25, 0.3) is 0 Å². The predicted octanol–water partition coefficient (Wildman–Crippen LogP) is 2.46. The molecule has 4 N–H and O–H groups in total. The molecule has 172 valence electrons. The number of amides is 1. The largest absolute Gasteiger partial charge is 0.491 e. The molecular formula is C22H28ClN5O4. The minimum absolute atomic E-state index is 0. The van der Waals surface area contributed by atoms with Crippen molar-refractivity contribution in [1.29, 1.82) is 5.41 Å². The lowest BCUT2D eigenvalue weighted by Gasteiger charge is -2.20. The van der Waals surface area contributed by atoms with Crippen molar-refractivity contribution in [2.45, 2.75) is 45.3 Å². The average molecular weight is 462 g/mol. The van der Waals surface area contributed by atoms with Gasteiger partial charge in [0, 0.05) is 18.0 Å². The number of aromatic nitrogens is 2. The molecule has 1 aromatic carbocycles. The normalized spacial score (nSPS) is 17.8. The highest BCUT2D eigenvalue weighted by Crippen LogP contribution is 2.24. The molecule has 2 heterocycles. The van der Waals surface area contributed by atoms with Crippen molar-refractivity contribution >= 4 is 30.1 Å². The smallest absolute Gasteiger partial charge is 0.307 e. The highest BCUT2D eigenvalue weighted by Gasteiger charge is 2.35. The number of ether oxygens (including phenoxy) is 2. The van der Waals surface area contributed by atoms with E-state index in [2.05, 4.69) is 15.3 Å². The number of rotatable bonds is 7. The number of nitrogen functional groups attached to an aromatic ring is 1. The van der Waals surface area contributed by atoms with Crippen molar-refractivity contribution < 1.29 is 19.1 Å². The Bertz CT molecular complexity index is 958. The minimum atomic E-state index is -0.567. The fourth-order valence-electron chi connectivity index (χ4n) is 3.26. The second-order valence-corrected chi connectivity index (χ2v) is 8.47. The Balaban J connectivity index is 0.00000363. The number of hydrogen-bond acceptors (Lipinski definition) is 7. The quantitative estimate of drug-likeness (QED) is 0.326. The van der Waals surface area contributed by atoms with Crippen LogP contribution in [0.15, 0.2) is 36.7 Å². The summed E-state index contributed by atoms with van der Waals surface area (Å²) in [5.41, 5.74) is 6.49. The standard InChI is InChI=1S/C22H27N5O4.ClH/c1-22(2,3)31-18(28)9-14-8-16(27-21(14)29)12-30-17-6-4-13(5-7-17)15-10-25-20(19(23)24)26-11-15;/h4-7,10-11,14,16H,8-9,12H2,1-3H3,(H3,23,24)(H,27,29);1H/t14-,16-;/m0./s1. The summed E-state index contributed by atoms with van der Waals surface area (Å²) in [5, 5.41) is 10.2. The number of carbonyl (C=O) groups excluding carboxylic acids is 2. The third-order valence-electron chi connectivity index (χ3n) is 4.65. The summed E-state index contributed by atoms with van der Waals surface area (Å²) in [6, 6.07) is 7.24. The van der Waals surface area contributed by atoms with Gasteiger partial charge in [-0.25, -0.2) is 9.97 Å². The Morgan fingerprint density at radius 3 is 2.38 bits per heavy atom. The maximum absolute atomic E-state index is 12.2. The van der Waals surface area contributed by atoms with Crippen molar-refractivity contribution in [2.75, 3.05) is 6.61 Å². The molecule has 2 aromatic rings. The molecule has 1 fully saturated rings. The molecule has 9 nitrogen and oxygen atoms in total. The first-order chi connectivity index (χ1) is 14.6. The molecule has 0 radical (unpaired) electrons. The van der Waals surface area contributed by atoms with E-state index in [0.29, 0.717) is 18.8 Å². The van der Waals surface area contributed by atoms with E-state index in [1.807, 2.05) is 24.3 Å². The van der Waals surface area contributed by atoms with Gasteiger partial charge >= 0.3 is 5.97 Å². The van der Waals surface area contributed by atoms with Gasteiger partial charge < -0.3 is 20.5 Å². The Morgan fingerprint density at radius 2 is 1.81 bits per heavy atom. The van der Waals surface area contributed by atoms with Gasteiger partial charge in [-0.3, -0.25) is 15.0 Å². The Morgan fingerprint density at radius 1 is 1.19 bits per heavy atom. The summed E-state index contributed by atoms with van der Waals surface area (Å²) in [7, 11) is 0. The lowest BCUT2D eigenvalue weighted by atomic mass is 10.0. The van der Waals surface area contributed by atoms with E-state index in [-0.39, 0.29) is 48.4 Å². The molecule has 2 atom stereocenters. The topological polar surface area (TPSA) is 140 Å². The van der Waals surface area contributed by atoms with E-state index >= 15 is 0 Å². The molecule has 0 aliphatic carbocycles. The molecule has 0 unspecified atom stereocenters. The van der Waals surface area contributed by atoms with Crippen molar-refractivity contribution in [3.8, 4) is 16.9 Å². The van der Waals surface area contributed by atoms with E-state index in [1.54, 1.807) is 33.2 Å². The Hall–Kier alpha value is -3.20. The summed E-state index contributed by atoms with van der Waals surface area (Å²) in [4.78, 5) is 32.3. The zero-order chi connectivity index (χ0) is 22.6. The summed E-state index contributed by atoms with van der Waals surface area (Å²) in [6.45, 7) is 5.72. The number of benzene rings is 1. The van der Waals surface area contributed by atoms with Crippen LogP contribution in [0.1, 0.15) is 39.4 Å². The van der Waals surface area contributed by atoms with Crippen LogP contribution in [-0.4, -0.2) is 45.9 Å². The lowest BCUT2D eigenvalue weighted by molar-refractivity contribution is -0.156. The summed E-state index contributed by atoms with van der Waals surface area (Å²) >= 11 is 0. The van der Waals surface area contributed by atoms with Crippen LogP contribution in [-0.2, 0) is 14.3 Å². The maximum Gasteiger partial charge on any atom is 0.307 e. The van der Waals surface area contributed by atoms with E-state index in [1.165, 1.54) is 0 Å². The number of hydrogen-bond donors (Lipinski definition) is 3. The number of amidine groups is 1. The van der Waals surface area contributed by atoms with Gasteiger partial charge in [-0.05, 0) is 44.9 Å². The minimum Gasteiger partial charge on any atom is -0.491 e. The molecule has 3 rings (SSSR count). The molecule has 1 saturated heterocycles. The van der Waals surface area contributed by atoms with Gasteiger partial charge in [0.2, 0.25) is 5.91 Å². The predicted molar refractivity (Wildman–Crippen MR) is 122 cm³/mol. The van der Waals surface area contributed by atoms with Gasteiger partial charge in [0.1, 0.15) is 18.0 Å². The first-order valence-corrected chi connectivity index (χ1v) is 10.0. The van der Waals surface area contributed by atoms with Gasteiger partial charge in [0.05, 0.1) is 18.4 Å². The van der Waals surface area contributed by atoms with Crippen molar-refractivity contribution in [1.82, 2.24) is 15.3 Å². The fourth-order valence-corrected chi connectivity index (χ4v) is 3.26. The monoisotopic (exact) mass is 461 g/mol. The summed E-state index contributed by atoms with van der Waals surface area (Å²) in [6.07, 6.45) is 3.81. The van der Waals surface area contributed by atoms with Crippen LogP contribution in [0.25, 0.3) is 11.1 Å². The van der Waals surface area contributed by atoms with Gasteiger partial charge in [-0.15, -0.1) is 12.4 Å². The van der Waals surface area contributed by atoms with Gasteiger partial charge in [-0.1, -0.05) is 12.1 Å². The summed E-state index contributed by atoms with van der Waals surface area (Å²) in [5.74, 6) is -0.248. The number of esters is 1. The molecular weight excluding hydrogens is 434 g/mol. The molecule has 1 aromatic heterocycles. The molecule has 0 spiro atoms. The van der Waals surface area contributed by atoms with Crippen LogP contribution in [0.4, 0.5) is 0 Å². The first-order valence-electron chi connectivity index (χ1n) is 10.0. The Labute approximate surface area is 193 Å². The molecule has 32 heavy (non-hydrogen) atoms. The van der Waals surface area contributed by atoms with E-state index in [9.17, 15) is 9.59 Å². The molecule has 1 amide bonds. The average Bonchev–Trinajstić information content (AvgIpc) is 3.04. The lowest BCUT2D eigenvalue weighted by Crippen LogP contribution is -2.31. The molecule has 1 aliphatic rings. The molecule has 0 bridgehead atoms. The van der Waals surface area contributed by atoms with Crippen LogP contribution < -0.4 is 15.8 Å². The molecule has 0 saturated carbocycles. The summed E-state index contributed by atoms with van der Waals surface area (Å²) < 4.78 is 11.1. The van der Waals surface area contributed by atoms with Crippen molar-refractivity contribution in [2.24, 2.45) is 11.7 Å². The number of nitrogens with zero attached hydrogens (tertiary/aromatic N) is 2. The van der Waals surface area contributed by atoms with Crippen LogP contribution in [0, 0.1) is 11.3 Å². The van der Waals surface area contributed by atoms with Crippen molar-refractivity contribution in [3.63, 3.8) is 0 Å². The Kier molecular flexibility index (Phi) is 8.15. The maximum atomic E-state index is 12.2. The number of halogens is 1. The van der Waals surface area contributed by atoms with Crippen molar-refractivity contribution in [3.05, 3.63) is 42.5 Å². The molecule has 1 aliphatic heterocycles. The number of nitrogens with two attached hydrogens (primary N) is 1. The number of carbonyl (C=O) groups is 2. The molecule has 10 heteroatoms. The van der Waals surface area contributed by atoms with E-state index in [0.717, 1.165) is 11.1 Å². The second-order valence-electron chi connectivity index (χ2n) is 8.47. The van der Waals surface area contributed by atoms with Gasteiger partial charge in [-0.2, -0.15) is 0 Å². The number of nitrogens with one attached hydrogen (secondary N) is 2. The van der Waals surface area contributed by atoms with Crippen LogP contribution in [0.3, 0.4) is 0 Å². The van der Waals surface area contributed by atoms with Gasteiger partial charge in [0.15, 0.2) is 11.7 Å². The highest BCUT2D eigenvalue weighted by molar-refractivity contribution is 5.91. The zero-order valence-corrected chi connectivity index (χ0v) is 19.1. The van der Waals surface area contributed by atoms with E-state index < -0.39 is 11.5 Å². The fraction of sp³-hybridized carbons (Fsp3) is 0.409. The SMILES string of the molecule is CC(C)(C)OC(=O)C[C@@H]1C[C@@H](COc2ccc(-c3cnc(C(=N)N)nc3)cc2)NC1=O.Cl. The van der Waals surface area contributed by atoms with Crippen LogP contribution in [0.2, 0.25) is 0 Å². The first kappa shape index (κ1) is 25.1. The third kappa shape index (κ3) is 6.91. The second kappa shape index (κ2) is 10.4. The van der Waals surface area contributed by atoms with Crippen LogP contribution in [0.5, 0.6) is 5.75 Å². The zero-order valence-electron chi connectivity index (χ0n) is 18.3.